The number of primary sulfonamides is 1. The van der Waals surface area contributed by atoms with E-state index in [4.69, 9.17) is 5.14 Å². The molecule has 1 aromatic rings. The van der Waals surface area contributed by atoms with Gasteiger partial charge in [-0.1, -0.05) is 0 Å². The molecule has 2 amide bonds. The molecule has 2 fully saturated rings. The van der Waals surface area contributed by atoms with Crippen molar-refractivity contribution in [1.29, 1.82) is 0 Å². The highest BCUT2D eigenvalue weighted by Crippen LogP contribution is 2.37. The minimum absolute atomic E-state index is 0.0986. The number of carbonyl (C=O) groups is 1. The lowest BCUT2D eigenvalue weighted by Gasteiger charge is -2.38. The lowest BCUT2D eigenvalue weighted by Crippen LogP contribution is -2.49. The summed E-state index contributed by atoms with van der Waals surface area (Å²) in [5.74, 6) is 0. The molecule has 2 aliphatic heterocycles. The molecule has 0 spiro atoms. The van der Waals surface area contributed by atoms with Crippen molar-refractivity contribution in [2.24, 2.45) is 5.14 Å². The molecule has 1 unspecified atom stereocenters. The van der Waals surface area contributed by atoms with Gasteiger partial charge in [0.25, 0.3) is 0 Å². The molecular weight excluding hydrogens is 373 g/mol. The molecule has 26 heavy (non-hydrogen) atoms. The van der Waals surface area contributed by atoms with Crippen molar-refractivity contribution in [3.63, 3.8) is 0 Å². The Bertz CT molecular complexity index is 813. The molecule has 7 nitrogen and oxygen atoms in total. The summed E-state index contributed by atoms with van der Waals surface area (Å²) in [6.45, 7) is 2.03. The molecule has 0 radical (unpaired) electrons. The first-order valence-electron chi connectivity index (χ1n) is 8.11. The van der Waals surface area contributed by atoms with E-state index in [0.29, 0.717) is 32.6 Å². The molecule has 0 aliphatic carbocycles. The van der Waals surface area contributed by atoms with Gasteiger partial charge in [-0.2, -0.15) is 13.2 Å². The van der Waals surface area contributed by atoms with Crippen molar-refractivity contribution in [2.45, 2.75) is 30.0 Å². The number of hydrogen-bond acceptors (Lipinski definition) is 4. The van der Waals surface area contributed by atoms with E-state index >= 15 is 0 Å². The maximum Gasteiger partial charge on any atom is 0.417 e. The second kappa shape index (κ2) is 6.62. The van der Waals surface area contributed by atoms with E-state index in [9.17, 15) is 26.4 Å². The highest BCUT2D eigenvalue weighted by molar-refractivity contribution is 7.89. The van der Waals surface area contributed by atoms with Gasteiger partial charge in [0.15, 0.2) is 0 Å². The first kappa shape index (κ1) is 18.8. The number of carbonyl (C=O) groups excluding carboxylic acids is 1. The van der Waals surface area contributed by atoms with Crippen molar-refractivity contribution in [2.75, 3.05) is 31.1 Å². The van der Waals surface area contributed by atoms with Gasteiger partial charge < -0.3 is 15.1 Å². The predicted octanol–water partition coefficient (Wildman–Crippen LogP) is 1.35. The van der Waals surface area contributed by atoms with E-state index < -0.39 is 26.7 Å². The molecule has 0 aromatic heterocycles. The van der Waals surface area contributed by atoms with Gasteiger partial charge in [0.2, 0.25) is 10.0 Å². The van der Waals surface area contributed by atoms with Crippen molar-refractivity contribution >= 4 is 21.7 Å². The predicted molar refractivity (Wildman–Crippen MR) is 88.2 cm³/mol. The molecule has 0 saturated carbocycles. The number of hydrogen-bond donors (Lipinski definition) is 2. The quantitative estimate of drug-likeness (QED) is 0.812. The number of alkyl halides is 3. The molecule has 144 valence electrons. The van der Waals surface area contributed by atoms with Gasteiger partial charge in [-0.25, -0.2) is 18.4 Å². The fraction of sp³-hybridized carbons (Fsp3) is 0.533. The molecular formula is C15H19F3N4O3S. The summed E-state index contributed by atoms with van der Waals surface area (Å²) in [4.78, 5) is 14.3. The number of anilines is 1. The zero-order valence-corrected chi connectivity index (χ0v) is 14.6. The van der Waals surface area contributed by atoms with Gasteiger partial charge in [0, 0.05) is 31.9 Å². The number of benzene rings is 1. The van der Waals surface area contributed by atoms with E-state index in [-0.39, 0.29) is 17.8 Å². The highest BCUT2D eigenvalue weighted by atomic mass is 32.2. The largest absolute Gasteiger partial charge is 0.417 e. The smallest absolute Gasteiger partial charge is 0.369 e. The van der Waals surface area contributed by atoms with Gasteiger partial charge in [-0.05, 0) is 31.0 Å². The first-order valence-corrected chi connectivity index (χ1v) is 9.65. The molecule has 0 bridgehead atoms. The monoisotopic (exact) mass is 392 g/mol. The van der Waals surface area contributed by atoms with Crippen LogP contribution in [-0.2, 0) is 16.2 Å². The van der Waals surface area contributed by atoms with Crippen LogP contribution in [0.5, 0.6) is 0 Å². The standard InChI is InChI=1S/C15H19F3N4O3S/c16-15(17,18)12-8-10(3-4-13(12)26(19,24)25)21-6-1-2-11(9-21)22-7-5-20-14(22)23/h3-4,8,11H,1-2,5-7,9H2,(H,20,23)(H2,19,24,25). The number of amides is 2. The highest BCUT2D eigenvalue weighted by Gasteiger charge is 2.38. The number of urea groups is 1. The Labute approximate surface area is 149 Å². The Kier molecular flexibility index (Phi) is 4.78. The van der Waals surface area contributed by atoms with E-state index in [1.165, 1.54) is 6.07 Å². The Balaban J connectivity index is 1.90. The summed E-state index contributed by atoms with van der Waals surface area (Å²) in [5.41, 5.74) is -1.02. The van der Waals surface area contributed by atoms with Crippen LogP contribution in [0.25, 0.3) is 0 Å². The average Bonchev–Trinajstić information content (AvgIpc) is 2.99. The third-order valence-corrected chi connectivity index (χ3v) is 5.64. The number of sulfonamides is 1. The summed E-state index contributed by atoms with van der Waals surface area (Å²) in [5, 5.41) is 7.62. The molecule has 11 heteroatoms. The number of nitrogens with zero attached hydrogens (tertiary/aromatic N) is 2. The average molecular weight is 392 g/mol. The first-order chi connectivity index (χ1) is 12.1. The zero-order chi connectivity index (χ0) is 19.1. The molecule has 1 aromatic carbocycles. The lowest BCUT2D eigenvalue weighted by molar-refractivity contribution is -0.139. The second-order valence-electron chi connectivity index (χ2n) is 6.39. The molecule has 2 aliphatic rings. The Morgan fingerprint density at radius 1 is 1.23 bits per heavy atom. The van der Waals surface area contributed by atoms with Crippen molar-refractivity contribution in [1.82, 2.24) is 10.2 Å². The van der Waals surface area contributed by atoms with Gasteiger partial charge in [-0.15, -0.1) is 0 Å². The maximum atomic E-state index is 13.3. The van der Waals surface area contributed by atoms with Crippen LogP contribution in [0.15, 0.2) is 23.1 Å². The van der Waals surface area contributed by atoms with E-state index in [2.05, 4.69) is 5.32 Å². The van der Waals surface area contributed by atoms with Crippen LogP contribution < -0.4 is 15.4 Å². The minimum Gasteiger partial charge on any atom is -0.369 e. The topological polar surface area (TPSA) is 95.7 Å². The van der Waals surface area contributed by atoms with Crippen LogP contribution in [0, 0.1) is 0 Å². The molecule has 3 rings (SSSR count). The number of piperidine rings is 1. The molecule has 2 saturated heterocycles. The Morgan fingerprint density at radius 3 is 2.54 bits per heavy atom. The summed E-state index contributed by atoms with van der Waals surface area (Å²) in [6.07, 6.45) is -3.36. The fourth-order valence-electron chi connectivity index (χ4n) is 3.46. The number of halogens is 3. The second-order valence-corrected chi connectivity index (χ2v) is 7.92. The lowest BCUT2D eigenvalue weighted by atomic mass is 10.0. The third-order valence-electron chi connectivity index (χ3n) is 4.67. The van der Waals surface area contributed by atoms with Crippen LogP contribution in [0.3, 0.4) is 0 Å². The zero-order valence-electron chi connectivity index (χ0n) is 13.8. The number of nitrogens with two attached hydrogens (primary N) is 1. The van der Waals surface area contributed by atoms with Gasteiger partial charge in [-0.3, -0.25) is 0 Å². The van der Waals surface area contributed by atoms with Crippen molar-refractivity contribution in [3.8, 4) is 0 Å². The van der Waals surface area contributed by atoms with Crippen LogP contribution in [0.2, 0.25) is 0 Å². The van der Waals surface area contributed by atoms with E-state index in [1.54, 1.807) is 9.80 Å². The summed E-state index contributed by atoms with van der Waals surface area (Å²) in [7, 11) is -4.49. The van der Waals surface area contributed by atoms with Gasteiger partial charge in [0.1, 0.15) is 0 Å². The molecule has 1 atom stereocenters. The Hall–Kier alpha value is -2.01. The molecule has 3 N–H and O–H groups in total. The van der Waals surface area contributed by atoms with Gasteiger partial charge >= 0.3 is 12.2 Å². The maximum absolute atomic E-state index is 13.3. The van der Waals surface area contributed by atoms with Crippen molar-refractivity contribution in [3.05, 3.63) is 23.8 Å². The van der Waals surface area contributed by atoms with Crippen LogP contribution in [0.1, 0.15) is 18.4 Å². The number of nitrogens with one attached hydrogen (secondary N) is 1. The summed E-state index contributed by atoms with van der Waals surface area (Å²) < 4.78 is 62.8. The fourth-order valence-corrected chi connectivity index (χ4v) is 4.20. The van der Waals surface area contributed by atoms with Crippen LogP contribution >= 0.6 is 0 Å². The van der Waals surface area contributed by atoms with Crippen molar-refractivity contribution < 1.29 is 26.4 Å². The number of rotatable bonds is 3. The van der Waals surface area contributed by atoms with E-state index in [0.717, 1.165) is 18.6 Å². The van der Waals surface area contributed by atoms with Gasteiger partial charge in [0.05, 0.1) is 16.5 Å². The van der Waals surface area contributed by atoms with Crippen LogP contribution in [-0.4, -0.2) is 51.6 Å². The van der Waals surface area contributed by atoms with Crippen LogP contribution in [0.4, 0.5) is 23.7 Å². The van der Waals surface area contributed by atoms with E-state index in [1.807, 2.05) is 0 Å². The minimum atomic E-state index is -4.85. The summed E-state index contributed by atoms with van der Waals surface area (Å²) >= 11 is 0. The normalized spacial score (nSPS) is 21.8. The Morgan fingerprint density at radius 2 is 1.96 bits per heavy atom. The molecule has 2 heterocycles. The SMILES string of the molecule is NS(=O)(=O)c1ccc(N2CCCC(N3CCNC3=O)C2)cc1C(F)(F)F. The third kappa shape index (κ3) is 3.73. The summed E-state index contributed by atoms with van der Waals surface area (Å²) in [6, 6.07) is 2.75.